The zero-order chi connectivity index (χ0) is 18.7. The molecule has 6 nitrogen and oxygen atoms in total. The van der Waals surface area contributed by atoms with Crippen molar-refractivity contribution in [3.8, 4) is 0 Å². The minimum absolute atomic E-state index is 0.235. The van der Waals surface area contributed by atoms with Gasteiger partial charge >= 0.3 is 0 Å². The monoisotopic (exact) mass is 389 g/mol. The van der Waals surface area contributed by atoms with Gasteiger partial charge in [0.2, 0.25) is 15.9 Å². The predicted octanol–water partition coefficient (Wildman–Crippen LogP) is 2.72. The molecule has 0 spiro atoms. The van der Waals surface area contributed by atoms with Crippen molar-refractivity contribution in [2.75, 3.05) is 24.7 Å². The summed E-state index contributed by atoms with van der Waals surface area (Å²) in [6.45, 7) is 0.0959. The third-order valence-corrected chi connectivity index (χ3v) is 6.24. The van der Waals surface area contributed by atoms with Crippen LogP contribution in [-0.4, -0.2) is 43.5 Å². The molecule has 0 N–H and O–H groups in total. The first kappa shape index (κ1) is 18.5. The van der Waals surface area contributed by atoms with Gasteiger partial charge in [-0.2, -0.15) is 4.31 Å². The summed E-state index contributed by atoms with van der Waals surface area (Å²) in [5.74, 6) is -0.319. The molecule has 1 amide bonds. The minimum atomic E-state index is -3.44. The standard InChI is InChI=1S/C18H19N3O3S2/c1-20(26(2,23)24)13-17(22)21(12-14-8-4-3-5-9-14)18-19-15-10-6-7-11-16(15)25-18/h3-11H,12-13H2,1-2H3. The van der Waals surface area contributed by atoms with Crippen LogP contribution in [-0.2, 0) is 21.4 Å². The molecule has 0 fully saturated rings. The van der Waals surface area contributed by atoms with E-state index in [9.17, 15) is 13.2 Å². The summed E-state index contributed by atoms with van der Waals surface area (Å²) in [7, 11) is -2.05. The maximum atomic E-state index is 12.9. The van der Waals surface area contributed by atoms with Crippen LogP contribution in [0.2, 0.25) is 0 Å². The fraction of sp³-hybridized carbons (Fsp3) is 0.222. The lowest BCUT2D eigenvalue weighted by Crippen LogP contribution is -2.40. The van der Waals surface area contributed by atoms with Crippen molar-refractivity contribution in [1.29, 1.82) is 0 Å². The Kier molecular flexibility index (Phi) is 5.36. The molecule has 0 saturated heterocycles. The van der Waals surface area contributed by atoms with E-state index in [1.807, 2.05) is 54.6 Å². The Morgan fingerprint density at radius 1 is 1.08 bits per heavy atom. The molecule has 1 heterocycles. The number of amides is 1. The Morgan fingerprint density at radius 3 is 2.38 bits per heavy atom. The number of sulfonamides is 1. The third-order valence-electron chi connectivity index (χ3n) is 3.92. The summed E-state index contributed by atoms with van der Waals surface area (Å²) in [6.07, 6.45) is 1.08. The van der Waals surface area contributed by atoms with Crippen LogP contribution in [0.3, 0.4) is 0 Å². The molecule has 0 bridgehead atoms. The molecule has 26 heavy (non-hydrogen) atoms. The molecule has 3 rings (SSSR count). The highest BCUT2D eigenvalue weighted by molar-refractivity contribution is 7.88. The number of benzene rings is 2. The Morgan fingerprint density at radius 2 is 1.73 bits per heavy atom. The SMILES string of the molecule is CN(CC(=O)N(Cc1ccccc1)c1nc2ccccc2s1)S(C)(=O)=O. The molecule has 136 valence electrons. The van der Waals surface area contributed by atoms with Crippen LogP contribution >= 0.6 is 11.3 Å². The van der Waals surface area contributed by atoms with E-state index < -0.39 is 10.0 Å². The number of anilines is 1. The lowest BCUT2D eigenvalue weighted by atomic mass is 10.2. The highest BCUT2D eigenvalue weighted by Crippen LogP contribution is 2.29. The molecule has 8 heteroatoms. The summed E-state index contributed by atoms with van der Waals surface area (Å²) >= 11 is 1.41. The van der Waals surface area contributed by atoms with Gasteiger partial charge in [0.05, 0.1) is 29.6 Å². The van der Waals surface area contributed by atoms with Crippen LogP contribution in [0.5, 0.6) is 0 Å². The number of hydrogen-bond acceptors (Lipinski definition) is 5. The minimum Gasteiger partial charge on any atom is -0.282 e. The first-order chi connectivity index (χ1) is 12.3. The van der Waals surface area contributed by atoms with Gasteiger partial charge in [-0.05, 0) is 17.7 Å². The molecule has 0 saturated carbocycles. The first-order valence-corrected chi connectivity index (χ1v) is 10.6. The van der Waals surface area contributed by atoms with Crippen LogP contribution in [0.15, 0.2) is 54.6 Å². The quantitative estimate of drug-likeness (QED) is 0.650. The zero-order valence-corrected chi connectivity index (χ0v) is 16.1. The second-order valence-corrected chi connectivity index (χ2v) is 9.05. The van der Waals surface area contributed by atoms with Crippen molar-refractivity contribution >= 4 is 42.6 Å². The highest BCUT2D eigenvalue weighted by Gasteiger charge is 2.24. The Labute approximate surface area is 156 Å². The van der Waals surface area contributed by atoms with Crippen molar-refractivity contribution in [3.63, 3.8) is 0 Å². The van der Waals surface area contributed by atoms with Gasteiger partial charge in [0.1, 0.15) is 0 Å². The van der Waals surface area contributed by atoms with Gasteiger partial charge in [-0.25, -0.2) is 13.4 Å². The van der Waals surface area contributed by atoms with Crippen LogP contribution in [0.1, 0.15) is 5.56 Å². The summed E-state index contributed by atoms with van der Waals surface area (Å²) in [4.78, 5) is 19.0. The summed E-state index contributed by atoms with van der Waals surface area (Å²) in [5.41, 5.74) is 1.76. The van der Waals surface area contributed by atoms with E-state index in [1.165, 1.54) is 18.4 Å². The van der Waals surface area contributed by atoms with E-state index in [-0.39, 0.29) is 12.5 Å². The number of carbonyl (C=O) groups is 1. The van der Waals surface area contributed by atoms with Gasteiger partial charge in [-0.1, -0.05) is 53.8 Å². The molecule has 0 aliphatic heterocycles. The summed E-state index contributed by atoms with van der Waals surface area (Å²) in [5, 5.41) is 0.557. The normalized spacial score (nSPS) is 11.8. The van der Waals surface area contributed by atoms with E-state index >= 15 is 0 Å². The van der Waals surface area contributed by atoms with Gasteiger partial charge in [0.25, 0.3) is 0 Å². The largest absolute Gasteiger partial charge is 0.282 e. The average molecular weight is 390 g/mol. The summed E-state index contributed by atoms with van der Waals surface area (Å²) < 4.78 is 25.4. The van der Waals surface area contributed by atoms with E-state index in [4.69, 9.17) is 0 Å². The smallest absolute Gasteiger partial charge is 0.244 e. The second-order valence-electron chi connectivity index (χ2n) is 5.95. The number of carbonyl (C=O) groups excluding carboxylic acids is 1. The van der Waals surface area contributed by atoms with Crippen molar-refractivity contribution in [1.82, 2.24) is 9.29 Å². The predicted molar refractivity (Wildman–Crippen MR) is 105 cm³/mol. The molecule has 2 aromatic carbocycles. The van der Waals surface area contributed by atoms with Crippen molar-refractivity contribution in [3.05, 3.63) is 60.2 Å². The maximum absolute atomic E-state index is 12.9. The fourth-order valence-electron chi connectivity index (χ4n) is 2.40. The van der Waals surface area contributed by atoms with Gasteiger partial charge in [-0.3, -0.25) is 9.69 Å². The second kappa shape index (κ2) is 7.53. The van der Waals surface area contributed by atoms with Gasteiger partial charge in [0, 0.05) is 7.05 Å². The topological polar surface area (TPSA) is 70.6 Å². The number of thiazole rings is 1. The molecule has 0 atom stereocenters. The molecular weight excluding hydrogens is 370 g/mol. The molecule has 0 aliphatic carbocycles. The van der Waals surface area contributed by atoms with Crippen LogP contribution < -0.4 is 4.90 Å². The van der Waals surface area contributed by atoms with Crippen molar-refractivity contribution in [2.45, 2.75) is 6.54 Å². The number of rotatable bonds is 6. The van der Waals surface area contributed by atoms with Gasteiger partial charge in [0.15, 0.2) is 5.13 Å². The highest BCUT2D eigenvalue weighted by atomic mass is 32.2. The van der Waals surface area contributed by atoms with E-state index in [0.29, 0.717) is 11.7 Å². The number of hydrogen-bond donors (Lipinski definition) is 0. The van der Waals surface area contributed by atoms with E-state index in [1.54, 1.807) is 4.90 Å². The number of fused-ring (bicyclic) bond motifs is 1. The molecule has 0 aliphatic rings. The van der Waals surface area contributed by atoms with Crippen LogP contribution in [0.4, 0.5) is 5.13 Å². The van der Waals surface area contributed by atoms with Crippen LogP contribution in [0.25, 0.3) is 10.2 Å². The lowest BCUT2D eigenvalue weighted by molar-refractivity contribution is -0.118. The fourth-order valence-corrected chi connectivity index (χ4v) is 3.72. The number of aromatic nitrogens is 1. The first-order valence-electron chi connectivity index (χ1n) is 7.96. The third kappa shape index (κ3) is 4.27. The van der Waals surface area contributed by atoms with Gasteiger partial charge < -0.3 is 0 Å². The lowest BCUT2D eigenvalue weighted by Gasteiger charge is -2.22. The maximum Gasteiger partial charge on any atom is 0.244 e. The van der Waals surface area contributed by atoms with Crippen molar-refractivity contribution < 1.29 is 13.2 Å². The molecule has 3 aromatic rings. The molecular formula is C18H19N3O3S2. The Balaban J connectivity index is 1.94. The van der Waals surface area contributed by atoms with Gasteiger partial charge in [-0.15, -0.1) is 0 Å². The number of para-hydroxylation sites is 1. The zero-order valence-electron chi connectivity index (χ0n) is 14.5. The average Bonchev–Trinajstić information content (AvgIpc) is 3.03. The van der Waals surface area contributed by atoms with E-state index in [2.05, 4.69) is 4.98 Å². The van der Waals surface area contributed by atoms with E-state index in [0.717, 1.165) is 26.3 Å². The summed E-state index contributed by atoms with van der Waals surface area (Å²) in [6, 6.07) is 17.2. The Hall–Kier alpha value is -2.29. The number of likely N-dealkylation sites (N-methyl/N-ethyl adjacent to an activating group) is 1. The molecule has 0 unspecified atom stereocenters. The molecule has 0 radical (unpaired) electrons. The molecule has 1 aromatic heterocycles. The van der Waals surface area contributed by atoms with Crippen LogP contribution in [0, 0.1) is 0 Å². The Bertz CT molecular complexity index is 983. The number of nitrogens with zero attached hydrogens (tertiary/aromatic N) is 3. The van der Waals surface area contributed by atoms with Crippen molar-refractivity contribution in [2.24, 2.45) is 0 Å².